The van der Waals surface area contributed by atoms with Crippen LogP contribution in [0.3, 0.4) is 0 Å². The average molecular weight is 535 g/mol. The molecule has 8 heteroatoms. The van der Waals surface area contributed by atoms with Gasteiger partial charge in [0.2, 0.25) is 0 Å². The summed E-state index contributed by atoms with van der Waals surface area (Å²) in [4.78, 5) is 16.5. The number of nitrogens with two attached hydrogens (primary N) is 1. The molecule has 0 aliphatic heterocycles. The fraction of sp³-hybridized carbons (Fsp3) is 0.355. The number of esters is 1. The van der Waals surface area contributed by atoms with Gasteiger partial charge in [-0.1, -0.05) is 32.0 Å². The van der Waals surface area contributed by atoms with Crippen LogP contribution < -0.4 is 10.5 Å². The molecular weight excluding hydrogens is 499 g/mol. The summed E-state index contributed by atoms with van der Waals surface area (Å²) in [5.41, 5.74) is 9.03. The number of carbonyl (C=O) groups excluding carboxylic acids is 1. The second kappa shape index (κ2) is 12.9. The largest absolute Gasteiger partial charge is 0.489 e. The lowest BCUT2D eigenvalue weighted by atomic mass is 10.00. The number of carbonyl (C=O) groups is 1. The van der Waals surface area contributed by atoms with E-state index in [-0.39, 0.29) is 37.3 Å². The molecule has 0 radical (unpaired) electrons. The standard InChI is InChI=1S/C31H35FN2O5/c1-19(2)11-24-14-23-12-21(13-26(31(23)39-24)25-9-10-34-27(16-33)30(25)32)18-37-28-8-6-5-7-22(28)15-29(35)38-20(3)17-36-4/h5-10,12-14,19-20H,11,15-18,33H2,1-4H3. The molecule has 0 fully saturated rings. The van der Waals surface area contributed by atoms with Gasteiger partial charge in [-0.3, -0.25) is 9.78 Å². The highest BCUT2D eigenvalue weighted by Crippen LogP contribution is 2.35. The minimum atomic E-state index is -0.465. The molecule has 2 aromatic heterocycles. The minimum Gasteiger partial charge on any atom is -0.489 e. The third-order valence-corrected chi connectivity index (χ3v) is 6.22. The summed E-state index contributed by atoms with van der Waals surface area (Å²) in [6.07, 6.45) is 2.04. The van der Waals surface area contributed by atoms with Gasteiger partial charge in [-0.2, -0.15) is 0 Å². The Labute approximate surface area is 228 Å². The quantitative estimate of drug-likeness (QED) is 0.223. The van der Waals surface area contributed by atoms with Crippen LogP contribution in [0.2, 0.25) is 0 Å². The van der Waals surface area contributed by atoms with E-state index in [1.54, 1.807) is 26.3 Å². The Morgan fingerprint density at radius 2 is 1.90 bits per heavy atom. The first-order valence-electron chi connectivity index (χ1n) is 13.1. The Hall–Kier alpha value is -3.75. The number of halogens is 1. The zero-order valence-corrected chi connectivity index (χ0v) is 22.8. The van der Waals surface area contributed by atoms with Gasteiger partial charge in [-0.05, 0) is 48.7 Å². The van der Waals surface area contributed by atoms with Gasteiger partial charge in [0.1, 0.15) is 29.8 Å². The van der Waals surface area contributed by atoms with Crippen LogP contribution in [0, 0.1) is 11.7 Å². The molecule has 0 saturated carbocycles. The van der Waals surface area contributed by atoms with Crippen molar-refractivity contribution in [2.24, 2.45) is 11.7 Å². The molecule has 7 nitrogen and oxygen atoms in total. The van der Waals surface area contributed by atoms with Crippen molar-refractivity contribution < 1.29 is 27.8 Å². The van der Waals surface area contributed by atoms with Gasteiger partial charge in [-0.25, -0.2) is 4.39 Å². The second-order valence-electron chi connectivity index (χ2n) is 10.0. The molecule has 1 atom stereocenters. The monoisotopic (exact) mass is 534 g/mol. The summed E-state index contributed by atoms with van der Waals surface area (Å²) < 4.78 is 38.2. The minimum absolute atomic E-state index is 0.00810. The van der Waals surface area contributed by atoms with Crippen LogP contribution >= 0.6 is 0 Å². The number of para-hydroxylation sites is 1. The number of fused-ring (bicyclic) bond motifs is 1. The Morgan fingerprint density at radius 1 is 1.10 bits per heavy atom. The number of hydrogen-bond acceptors (Lipinski definition) is 7. The molecule has 206 valence electrons. The fourth-order valence-electron chi connectivity index (χ4n) is 4.53. The Kier molecular flexibility index (Phi) is 9.32. The van der Waals surface area contributed by atoms with Crippen LogP contribution in [-0.4, -0.2) is 30.8 Å². The smallest absolute Gasteiger partial charge is 0.310 e. The van der Waals surface area contributed by atoms with Gasteiger partial charge >= 0.3 is 5.97 Å². The predicted octanol–water partition coefficient (Wildman–Crippen LogP) is 5.99. The van der Waals surface area contributed by atoms with Crippen molar-refractivity contribution in [3.05, 3.63) is 83.1 Å². The van der Waals surface area contributed by atoms with Crippen LogP contribution in [0.25, 0.3) is 22.1 Å². The molecule has 2 aromatic carbocycles. The van der Waals surface area contributed by atoms with Gasteiger partial charge in [-0.15, -0.1) is 0 Å². The Morgan fingerprint density at radius 3 is 2.64 bits per heavy atom. The summed E-state index contributed by atoms with van der Waals surface area (Å²) in [5, 5.41) is 0.858. The lowest BCUT2D eigenvalue weighted by Crippen LogP contribution is -2.21. The molecule has 39 heavy (non-hydrogen) atoms. The van der Waals surface area contributed by atoms with E-state index in [1.165, 1.54) is 0 Å². The number of hydrogen-bond donors (Lipinski definition) is 1. The van der Waals surface area contributed by atoms with Crippen molar-refractivity contribution in [1.29, 1.82) is 0 Å². The molecule has 0 bridgehead atoms. The molecule has 2 N–H and O–H groups in total. The Bertz CT molecular complexity index is 1430. The van der Waals surface area contributed by atoms with Crippen molar-refractivity contribution in [2.45, 2.75) is 52.9 Å². The van der Waals surface area contributed by atoms with Crippen LogP contribution in [-0.2, 0) is 40.3 Å². The number of methoxy groups -OCH3 is 1. The number of pyridine rings is 1. The molecule has 0 aliphatic carbocycles. The van der Waals surface area contributed by atoms with Gasteiger partial charge < -0.3 is 24.4 Å². The first-order valence-corrected chi connectivity index (χ1v) is 13.1. The topological polar surface area (TPSA) is 96.8 Å². The van der Waals surface area contributed by atoms with E-state index in [2.05, 4.69) is 18.8 Å². The van der Waals surface area contributed by atoms with E-state index in [0.717, 1.165) is 23.1 Å². The number of rotatable bonds is 12. The third kappa shape index (κ3) is 7.02. The maximum atomic E-state index is 15.3. The van der Waals surface area contributed by atoms with E-state index in [1.807, 2.05) is 42.5 Å². The van der Waals surface area contributed by atoms with Gasteiger partial charge in [0, 0.05) is 48.3 Å². The van der Waals surface area contributed by atoms with Crippen molar-refractivity contribution in [2.75, 3.05) is 13.7 Å². The van der Waals surface area contributed by atoms with E-state index in [4.69, 9.17) is 24.4 Å². The second-order valence-corrected chi connectivity index (χ2v) is 10.0. The number of nitrogens with zero attached hydrogens (tertiary/aromatic N) is 1. The predicted molar refractivity (Wildman–Crippen MR) is 148 cm³/mol. The highest BCUT2D eigenvalue weighted by Gasteiger charge is 2.19. The Balaban J connectivity index is 1.64. The van der Waals surface area contributed by atoms with Crippen molar-refractivity contribution in [3.8, 4) is 16.9 Å². The van der Waals surface area contributed by atoms with Crippen LogP contribution in [0.4, 0.5) is 4.39 Å². The molecule has 0 spiro atoms. The van der Waals surface area contributed by atoms with E-state index < -0.39 is 5.82 Å². The lowest BCUT2D eigenvalue weighted by molar-refractivity contribution is -0.149. The molecular formula is C31H35FN2O5. The maximum Gasteiger partial charge on any atom is 0.310 e. The third-order valence-electron chi connectivity index (χ3n) is 6.22. The summed E-state index contributed by atoms with van der Waals surface area (Å²) in [6, 6.07) is 14.8. The molecule has 4 rings (SSSR count). The van der Waals surface area contributed by atoms with Gasteiger partial charge in [0.15, 0.2) is 5.82 Å². The van der Waals surface area contributed by atoms with Gasteiger partial charge in [0.25, 0.3) is 0 Å². The number of ether oxygens (including phenoxy) is 3. The van der Waals surface area contributed by atoms with Crippen LogP contribution in [0.15, 0.2) is 59.1 Å². The average Bonchev–Trinajstić information content (AvgIpc) is 3.29. The molecule has 0 saturated heterocycles. The normalized spacial score (nSPS) is 12.2. The zero-order chi connectivity index (χ0) is 27.9. The van der Waals surface area contributed by atoms with Crippen molar-refractivity contribution >= 4 is 16.9 Å². The summed E-state index contributed by atoms with van der Waals surface area (Å²) in [5.74, 6) is 0.981. The molecule has 0 amide bonds. The van der Waals surface area contributed by atoms with Gasteiger partial charge in [0.05, 0.1) is 18.7 Å². The van der Waals surface area contributed by atoms with Crippen LogP contribution in [0.5, 0.6) is 5.75 Å². The number of benzene rings is 2. The molecule has 4 aromatic rings. The van der Waals surface area contributed by atoms with E-state index >= 15 is 4.39 Å². The molecule has 2 heterocycles. The molecule has 1 unspecified atom stereocenters. The first-order chi connectivity index (χ1) is 18.8. The number of aromatic nitrogens is 1. The number of furan rings is 1. The highest BCUT2D eigenvalue weighted by atomic mass is 19.1. The molecule has 0 aliphatic rings. The summed E-state index contributed by atoms with van der Waals surface area (Å²) in [7, 11) is 1.56. The van der Waals surface area contributed by atoms with E-state index in [0.29, 0.717) is 40.5 Å². The first kappa shape index (κ1) is 28.3. The van der Waals surface area contributed by atoms with Crippen LogP contribution in [0.1, 0.15) is 43.4 Å². The fourth-order valence-corrected chi connectivity index (χ4v) is 4.53. The SMILES string of the molecule is COCC(C)OC(=O)Cc1ccccc1OCc1cc(-c2ccnc(CN)c2F)c2oc(CC(C)C)cc2c1. The van der Waals surface area contributed by atoms with Crippen molar-refractivity contribution in [1.82, 2.24) is 4.98 Å². The highest BCUT2D eigenvalue weighted by molar-refractivity contribution is 5.93. The maximum absolute atomic E-state index is 15.3. The van der Waals surface area contributed by atoms with E-state index in [9.17, 15) is 4.79 Å². The summed E-state index contributed by atoms with van der Waals surface area (Å²) >= 11 is 0. The lowest BCUT2D eigenvalue weighted by Gasteiger charge is -2.15. The summed E-state index contributed by atoms with van der Waals surface area (Å²) in [6.45, 7) is 6.54. The zero-order valence-electron chi connectivity index (χ0n) is 22.8. The van der Waals surface area contributed by atoms with Crippen molar-refractivity contribution in [3.63, 3.8) is 0 Å².